The van der Waals surface area contributed by atoms with Crippen molar-refractivity contribution in [1.29, 1.82) is 0 Å². The average Bonchev–Trinajstić information content (AvgIpc) is 2.62. The first-order chi connectivity index (χ1) is 11.6. The Balaban J connectivity index is 1.76. The Morgan fingerprint density at radius 3 is 2.71 bits per heavy atom. The van der Waals surface area contributed by atoms with E-state index >= 15 is 0 Å². The number of hydrogen-bond acceptors (Lipinski definition) is 4. The van der Waals surface area contributed by atoms with Crippen LogP contribution in [0.25, 0.3) is 10.9 Å². The van der Waals surface area contributed by atoms with Gasteiger partial charge in [0.2, 0.25) is 0 Å². The van der Waals surface area contributed by atoms with Crippen molar-refractivity contribution >= 4 is 28.6 Å². The number of benzene rings is 1. The molecule has 0 bridgehead atoms. The summed E-state index contributed by atoms with van der Waals surface area (Å²) >= 11 is 0. The normalized spacial score (nSPS) is 15.3. The molecule has 1 fully saturated rings. The second kappa shape index (κ2) is 6.74. The van der Waals surface area contributed by atoms with Crippen molar-refractivity contribution in [3.63, 3.8) is 0 Å². The minimum Gasteiger partial charge on any atom is -0.494 e. The first kappa shape index (κ1) is 16.0. The van der Waals surface area contributed by atoms with Gasteiger partial charge in [0.05, 0.1) is 18.7 Å². The third kappa shape index (κ3) is 3.10. The van der Waals surface area contributed by atoms with Crippen LogP contribution in [0.5, 0.6) is 5.75 Å². The Morgan fingerprint density at radius 1 is 1.29 bits per heavy atom. The molecule has 2 N–H and O–H groups in total. The minimum absolute atomic E-state index is 0.228. The number of likely N-dealkylation sites (tertiary alicyclic amines) is 1. The number of amides is 2. The molecule has 0 atom stereocenters. The molecule has 24 heavy (non-hydrogen) atoms. The van der Waals surface area contributed by atoms with Crippen LogP contribution in [0.4, 0.5) is 10.5 Å². The molecule has 0 unspecified atom stereocenters. The van der Waals surface area contributed by atoms with E-state index in [1.54, 1.807) is 36.4 Å². The standard InChI is InChI=1S/C17H19N3O4/c1-24-14-5-4-13(12-3-2-8-18-15(12)14)19-17(23)20-9-6-11(7-10-20)16(21)22/h2-5,8,11H,6-7,9-10H2,1H3,(H,19,23)(H,21,22). The molecule has 1 aliphatic heterocycles. The summed E-state index contributed by atoms with van der Waals surface area (Å²) in [5.41, 5.74) is 1.34. The molecule has 2 heterocycles. The van der Waals surface area contributed by atoms with Crippen molar-refractivity contribution in [2.75, 3.05) is 25.5 Å². The lowest BCUT2D eigenvalue weighted by Gasteiger charge is -2.30. The van der Waals surface area contributed by atoms with Crippen LogP contribution in [0.1, 0.15) is 12.8 Å². The number of carboxylic acid groups (broad SMARTS) is 1. The van der Waals surface area contributed by atoms with Gasteiger partial charge in [-0.15, -0.1) is 0 Å². The third-order valence-corrected chi connectivity index (χ3v) is 4.33. The highest BCUT2D eigenvalue weighted by Gasteiger charge is 2.27. The van der Waals surface area contributed by atoms with Crippen LogP contribution in [-0.2, 0) is 4.79 Å². The molecule has 1 aliphatic rings. The fraction of sp³-hybridized carbons (Fsp3) is 0.353. The third-order valence-electron chi connectivity index (χ3n) is 4.33. The second-order valence-corrected chi connectivity index (χ2v) is 5.74. The Morgan fingerprint density at radius 2 is 2.04 bits per heavy atom. The van der Waals surface area contributed by atoms with Crippen LogP contribution >= 0.6 is 0 Å². The highest BCUT2D eigenvalue weighted by Crippen LogP contribution is 2.30. The summed E-state index contributed by atoms with van der Waals surface area (Å²) in [7, 11) is 1.58. The Hall–Kier alpha value is -2.83. The maximum absolute atomic E-state index is 12.5. The predicted molar refractivity (Wildman–Crippen MR) is 89.2 cm³/mol. The number of carbonyl (C=O) groups is 2. The highest BCUT2D eigenvalue weighted by atomic mass is 16.5. The summed E-state index contributed by atoms with van der Waals surface area (Å²) in [5, 5.41) is 12.7. The number of aliphatic carboxylic acids is 1. The first-order valence-corrected chi connectivity index (χ1v) is 7.80. The number of anilines is 1. The molecule has 0 spiro atoms. The highest BCUT2D eigenvalue weighted by molar-refractivity contribution is 6.02. The van der Waals surface area contributed by atoms with Crippen LogP contribution in [0, 0.1) is 5.92 Å². The van der Waals surface area contributed by atoms with E-state index in [0.29, 0.717) is 42.9 Å². The molecular formula is C17H19N3O4. The number of methoxy groups -OCH3 is 1. The number of fused-ring (bicyclic) bond motifs is 1. The maximum atomic E-state index is 12.5. The quantitative estimate of drug-likeness (QED) is 0.903. The van der Waals surface area contributed by atoms with Gasteiger partial charge in [-0.25, -0.2) is 4.79 Å². The maximum Gasteiger partial charge on any atom is 0.321 e. The number of carboxylic acids is 1. The molecule has 3 rings (SSSR count). The zero-order chi connectivity index (χ0) is 17.1. The van der Waals surface area contributed by atoms with E-state index in [9.17, 15) is 9.59 Å². The van der Waals surface area contributed by atoms with Crippen molar-refractivity contribution in [3.05, 3.63) is 30.5 Å². The van der Waals surface area contributed by atoms with Gasteiger partial charge in [-0.2, -0.15) is 0 Å². The largest absolute Gasteiger partial charge is 0.494 e. The number of urea groups is 1. The van der Waals surface area contributed by atoms with Crippen molar-refractivity contribution < 1.29 is 19.4 Å². The minimum atomic E-state index is -0.790. The van der Waals surface area contributed by atoms with Crippen LogP contribution in [0.15, 0.2) is 30.5 Å². The van der Waals surface area contributed by atoms with E-state index in [1.807, 2.05) is 6.07 Å². The lowest BCUT2D eigenvalue weighted by atomic mass is 9.97. The van der Waals surface area contributed by atoms with Crippen molar-refractivity contribution in [3.8, 4) is 5.75 Å². The van der Waals surface area contributed by atoms with E-state index in [1.165, 1.54) is 0 Å². The van der Waals surface area contributed by atoms with Crippen LogP contribution in [0.2, 0.25) is 0 Å². The van der Waals surface area contributed by atoms with Gasteiger partial charge < -0.3 is 20.1 Å². The average molecular weight is 329 g/mol. The van der Waals surface area contributed by atoms with Gasteiger partial charge >= 0.3 is 12.0 Å². The van der Waals surface area contributed by atoms with E-state index in [-0.39, 0.29) is 11.9 Å². The number of pyridine rings is 1. The van der Waals surface area contributed by atoms with E-state index in [0.717, 1.165) is 5.39 Å². The number of ether oxygens (including phenoxy) is 1. The van der Waals surface area contributed by atoms with Gasteiger partial charge in [0.25, 0.3) is 0 Å². The Kier molecular flexibility index (Phi) is 4.50. The lowest BCUT2D eigenvalue weighted by molar-refractivity contribution is -0.143. The molecule has 0 aliphatic carbocycles. The summed E-state index contributed by atoms with van der Waals surface area (Å²) in [6, 6.07) is 6.99. The molecule has 2 aromatic rings. The van der Waals surface area contributed by atoms with Crippen molar-refractivity contribution in [1.82, 2.24) is 9.88 Å². The number of hydrogen-bond donors (Lipinski definition) is 2. The van der Waals surface area contributed by atoms with Gasteiger partial charge in [0.1, 0.15) is 11.3 Å². The molecule has 1 aromatic heterocycles. The summed E-state index contributed by atoms with van der Waals surface area (Å²) in [5.74, 6) is -0.506. The van der Waals surface area contributed by atoms with Crippen LogP contribution < -0.4 is 10.1 Å². The van der Waals surface area contributed by atoms with Gasteiger partial charge in [-0.05, 0) is 37.1 Å². The Labute approximate surface area is 139 Å². The fourth-order valence-corrected chi connectivity index (χ4v) is 2.94. The number of rotatable bonds is 3. The monoisotopic (exact) mass is 329 g/mol. The topological polar surface area (TPSA) is 91.8 Å². The van der Waals surface area contributed by atoms with Crippen molar-refractivity contribution in [2.24, 2.45) is 5.92 Å². The predicted octanol–water partition coefficient (Wildman–Crippen LogP) is 2.57. The lowest BCUT2D eigenvalue weighted by Crippen LogP contribution is -2.42. The number of carbonyl (C=O) groups excluding carboxylic acids is 1. The molecule has 7 heteroatoms. The smallest absolute Gasteiger partial charge is 0.321 e. The van der Waals surface area contributed by atoms with Crippen molar-refractivity contribution in [2.45, 2.75) is 12.8 Å². The summed E-state index contributed by atoms with van der Waals surface area (Å²) < 4.78 is 5.30. The molecule has 0 saturated carbocycles. The first-order valence-electron chi connectivity index (χ1n) is 7.80. The summed E-state index contributed by atoms with van der Waals surface area (Å²) in [6.07, 6.45) is 2.63. The SMILES string of the molecule is COc1ccc(NC(=O)N2CCC(C(=O)O)CC2)c2cccnc12. The zero-order valence-electron chi connectivity index (χ0n) is 13.4. The van der Waals surface area contributed by atoms with Gasteiger partial charge in [0.15, 0.2) is 0 Å². The molecule has 2 amide bonds. The van der Waals surface area contributed by atoms with Gasteiger partial charge in [-0.1, -0.05) is 0 Å². The molecule has 126 valence electrons. The summed E-state index contributed by atoms with van der Waals surface area (Å²) in [6.45, 7) is 0.879. The van der Waals surface area contributed by atoms with E-state index in [4.69, 9.17) is 9.84 Å². The van der Waals surface area contributed by atoms with E-state index < -0.39 is 5.97 Å². The fourth-order valence-electron chi connectivity index (χ4n) is 2.94. The van der Waals surface area contributed by atoms with Gasteiger partial charge in [-0.3, -0.25) is 9.78 Å². The zero-order valence-corrected chi connectivity index (χ0v) is 13.4. The molecular weight excluding hydrogens is 310 g/mol. The van der Waals surface area contributed by atoms with E-state index in [2.05, 4.69) is 10.3 Å². The van der Waals surface area contributed by atoms with Crippen LogP contribution in [-0.4, -0.2) is 47.2 Å². The molecule has 1 aromatic carbocycles. The molecule has 1 saturated heterocycles. The Bertz CT molecular complexity index is 770. The number of nitrogens with zero attached hydrogens (tertiary/aromatic N) is 2. The molecule has 0 radical (unpaired) electrons. The second-order valence-electron chi connectivity index (χ2n) is 5.74. The van der Waals surface area contributed by atoms with Gasteiger partial charge in [0, 0.05) is 24.7 Å². The molecule has 7 nitrogen and oxygen atoms in total. The number of nitrogens with one attached hydrogen (secondary N) is 1. The summed E-state index contributed by atoms with van der Waals surface area (Å²) in [4.78, 5) is 29.4. The van der Waals surface area contributed by atoms with Crippen LogP contribution in [0.3, 0.4) is 0 Å². The number of aromatic nitrogens is 1. The number of piperidine rings is 1.